The fourth-order valence-corrected chi connectivity index (χ4v) is 2.29. The van der Waals surface area contributed by atoms with Crippen LogP contribution in [-0.2, 0) is 4.79 Å². The van der Waals surface area contributed by atoms with Crippen LogP contribution in [0.3, 0.4) is 0 Å². The summed E-state index contributed by atoms with van der Waals surface area (Å²) in [4.78, 5) is 11.4. The van der Waals surface area contributed by atoms with Crippen molar-refractivity contribution in [2.24, 2.45) is 0 Å². The Balaban J connectivity index is 2.22. The molecule has 0 aliphatic heterocycles. The van der Waals surface area contributed by atoms with Gasteiger partial charge in [0.25, 0.3) is 0 Å². The van der Waals surface area contributed by atoms with Crippen molar-refractivity contribution in [2.45, 2.75) is 6.92 Å². The average molecular weight is 364 g/mol. The second-order valence-electron chi connectivity index (χ2n) is 4.17. The maximum absolute atomic E-state index is 11.4. The molecule has 0 spiro atoms. The molecule has 0 heterocycles. The normalized spacial score (nSPS) is 10.0. The van der Waals surface area contributed by atoms with Gasteiger partial charge in [0.2, 0.25) is 0 Å². The van der Waals surface area contributed by atoms with Crippen molar-refractivity contribution in [1.29, 1.82) is 0 Å². The zero-order valence-corrected chi connectivity index (χ0v) is 12.7. The van der Waals surface area contributed by atoms with Gasteiger partial charge in [-0.3, -0.25) is 0 Å². The highest BCUT2D eigenvalue weighted by Gasteiger charge is 2.06. The van der Waals surface area contributed by atoms with E-state index >= 15 is 0 Å². The number of hydrogen-bond acceptors (Lipinski definition) is 2. The van der Waals surface area contributed by atoms with Crippen molar-refractivity contribution in [3.8, 4) is 16.9 Å². The zero-order chi connectivity index (χ0) is 13.8. The first kappa shape index (κ1) is 13.8. The van der Waals surface area contributed by atoms with Crippen LogP contribution in [0.15, 0.2) is 60.7 Å². The lowest BCUT2D eigenvalue weighted by molar-refractivity contribution is -0.130. The maximum Gasteiger partial charge on any atom is 0.338 e. The summed E-state index contributed by atoms with van der Waals surface area (Å²) in [6.07, 6.45) is 0. The maximum atomic E-state index is 11.4. The number of hydrogen-bond donors (Lipinski definition) is 0. The van der Waals surface area contributed by atoms with Crippen LogP contribution in [0.2, 0.25) is 0 Å². The summed E-state index contributed by atoms with van der Waals surface area (Å²) in [5.74, 6) is 0.129. The van der Waals surface area contributed by atoms with Crippen LogP contribution >= 0.6 is 22.6 Å². The molecule has 0 atom stereocenters. The van der Waals surface area contributed by atoms with E-state index in [1.807, 2.05) is 24.3 Å². The molecule has 2 aromatic rings. The molecule has 2 nitrogen and oxygen atoms in total. The quantitative estimate of drug-likeness (QED) is 0.348. The molecule has 0 aromatic heterocycles. The molecule has 0 bridgehead atoms. The van der Waals surface area contributed by atoms with Gasteiger partial charge in [0, 0.05) is 9.14 Å². The van der Waals surface area contributed by atoms with E-state index < -0.39 is 5.97 Å². The number of rotatable bonds is 3. The monoisotopic (exact) mass is 364 g/mol. The average Bonchev–Trinajstić information content (AvgIpc) is 2.40. The molecule has 0 fully saturated rings. The smallest absolute Gasteiger partial charge is 0.338 e. The Hall–Kier alpha value is -1.62. The van der Waals surface area contributed by atoms with E-state index in [2.05, 4.69) is 41.3 Å². The second-order valence-corrected chi connectivity index (χ2v) is 5.34. The molecule has 0 radical (unpaired) electrons. The highest BCUT2D eigenvalue weighted by Crippen LogP contribution is 2.26. The Kier molecular flexibility index (Phi) is 4.37. The van der Waals surface area contributed by atoms with Crippen molar-refractivity contribution in [2.75, 3.05) is 0 Å². The molecule has 0 saturated carbocycles. The SMILES string of the molecule is C=C(C)C(=O)Oc1ccc(-c2ccccc2I)cc1. The minimum atomic E-state index is -0.401. The van der Waals surface area contributed by atoms with Gasteiger partial charge in [-0.15, -0.1) is 0 Å². The summed E-state index contributed by atoms with van der Waals surface area (Å²) >= 11 is 2.30. The first-order valence-corrected chi connectivity index (χ1v) is 6.88. The molecule has 0 amide bonds. The number of benzene rings is 2. The van der Waals surface area contributed by atoms with Gasteiger partial charge in [-0.25, -0.2) is 4.79 Å². The molecular weight excluding hydrogens is 351 g/mol. The van der Waals surface area contributed by atoms with E-state index in [0.717, 1.165) is 5.56 Å². The van der Waals surface area contributed by atoms with Gasteiger partial charge >= 0.3 is 5.97 Å². The largest absolute Gasteiger partial charge is 0.423 e. The van der Waals surface area contributed by atoms with E-state index in [1.54, 1.807) is 19.1 Å². The molecule has 2 rings (SSSR count). The van der Waals surface area contributed by atoms with Gasteiger partial charge in [0.1, 0.15) is 5.75 Å². The van der Waals surface area contributed by atoms with Crippen LogP contribution in [0.5, 0.6) is 5.75 Å². The van der Waals surface area contributed by atoms with E-state index in [1.165, 1.54) is 9.13 Å². The molecule has 2 aromatic carbocycles. The molecule has 96 valence electrons. The summed E-state index contributed by atoms with van der Waals surface area (Å²) in [6.45, 7) is 5.18. The number of ether oxygens (including phenoxy) is 1. The van der Waals surface area contributed by atoms with Gasteiger partial charge in [0.15, 0.2) is 0 Å². The third-order valence-electron chi connectivity index (χ3n) is 2.60. The fourth-order valence-electron chi connectivity index (χ4n) is 1.59. The Morgan fingerprint density at radius 3 is 2.32 bits per heavy atom. The Morgan fingerprint density at radius 1 is 1.11 bits per heavy atom. The first-order valence-electron chi connectivity index (χ1n) is 5.80. The van der Waals surface area contributed by atoms with Crippen molar-refractivity contribution in [1.82, 2.24) is 0 Å². The molecule has 0 saturated heterocycles. The van der Waals surface area contributed by atoms with Crippen molar-refractivity contribution >= 4 is 28.6 Å². The van der Waals surface area contributed by atoms with Gasteiger partial charge in [-0.05, 0) is 58.8 Å². The molecule has 0 aliphatic rings. The molecule has 0 N–H and O–H groups in total. The Bertz CT molecular complexity index is 615. The van der Waals surface area contributed by atoms with Crippen LogP contribution < -0.4 is 4.74 Å². The Labute approximate surface area is 126 Å². The Morgan fingerprint density at radius 2 is 1.74 bits per heavy atom. The van der Waals surface area contributed by atoms with Crippen molar-refractivity contribution in [3.05, 3.63) is 64.3 Å². The predicted octanol–water partition coefficient (Wildman–Crippen LogP) is 4.44. The van der Waals surface area contributed by atoms with Crippen molar-refractivity contribution < 1.29 is 9.53 Å². The van der Waals surface area contributed by atoms with Crippen LogP contribution in [0, 0.1) is 3.57 Å². The summed E-state index contributed by atoms with van der Waals surface area (Å²) < 4.78 is 6.34. The molecule has 3 heteroatoms. The lowest BCUT2D eigenvalue weighted by atomic mass is 10.1. The second kappa shape index (κ2) is 6.02. The molecule has 0 unspecified atom stereocenters. The lowest BCUT2D eigenvalue weighted by Gasteiger charge is -2.07. The number of esters is 1. The van der Waals surface area contributed by atoms with E-state index in [4.69, 9.17) is 4.74 Å². The van der Waals surface area contributed by atoms with Crippen LogP contribution in [0.25, 0.3) is 11.1 Å². The van der Waals surface area contributed by atoms with E-state index in [-0.39, 0.29) is 0 Å². The minimum Gasteiger partial charge on any atom is -0.423 e. The highest BCUT2D eigenvalue weighted by molar-refractivity contribution is 14.1. The van der Waals surface area contributed by atoms with Crippen molar-refractivity contribution in [3.63, 3.8) is 0 Å². The van der Waals surface area contributed by atoms with E-state index in [0.29, 0.717) is 11.3 Å². The van der Waals surface area contributed by atoms with Crippen LogP contribution in [0.4, 0.5) is 0 Å². The third kappa shape index (κ3) is 3.44. The van der Waals surface area contributed by atoms with Gasteiger partial charge in [0.05, 0.1) is 0 Å². The summed E-state index contributed by atoms with van der Waals surface area (Å²) in [7, 11) is 0. The lowest BCUT2D eigenvalue weighted by Crippen LogP contribution is -2.07. The molecule has 0 aliphatic carbocycles. The third-order valence-corrected chi connectivity index (χ3v) is 3.54. The topological polar surface area (TPSA) is 26.3 Å². The molecule has 19 heavy (non-hydrogen) atoms. The van der Waals surface area contributed by atoms with E-state index in [9.17, 15) is 4.79 Å². The standard InChI is InChI=1S/C16H13IO2/c1-11(2)16(18)19-13-9-7-12(8-10-13)14-5-3-4-6-15(14)17/h3-10H,1H2,2H3. The number of halogens is 1. The predicted molar refractivity (Wildman–Crippen MR) is 85.0 cm³/mol. The minimum absolute atomic E-state index is 0.390. The summed E-state index contributed by atoms with van der Waals surface area (Å²) in [5, 5.41) is 0. The van der Waals surface area contributed by atoms with Crippen LogP contribution in [-0.4, -0.2) is 5.97 Å². The molecular formula is C16H13IO2. The zero-order valence-electron chi connectivity index (χ0n) is 10.5. The fraction of sp³-hybridized carbons (Fsp3) is 0.0625. The summed E-state index contributed by atoms with van der Waals surface area (Å²) in [6, 6.07) is 15.6. The highest BCUT2D eigenvalue weighted by atomic mass is 127. The van der Waals surface area contributed by atoms with Crippen LogP contribution in [0.1, 0.15) is 6.92 Å². The number of carbonyl (C=O) groups excluding carboxylic acids is 1. The summed E-state index contributed by atoms with van der Waals surface area (Å²) in [5.41, 5.74) is 2.66. The van der Waals surface area contributed by atoms with Gasteiger partial charge in [-0.1, -0.05) is 36.9 Å². The first-order chi connectivity index (χ1) is 9.08. The van der Waals surface area contributed by atoms with Gasteiger partial charge in [-0.2, -0.15) is 0 Å². The van der Waals surface area contributed by atoms with Gasteiger partial charge < -0.3 is 4.74 Å². The number of carbonyl (C=O) groups is 1.